The van der Waals surface area contributed by atoms with Crippen LogP contribution < -0.4 is 20.1 Å². The highest BCUT2D eigenvalue weighted by Crippen LogP contribution is 2.36. The fourth-order valence-corrected chi connectivity index (χ4v) is 4.55. The van der Waals surface area contributed by atoms with Crippen LogP contribution in [0.1, 0.15) is 24.8 Å². The molecule has 4 rings (SSSR count). The van der Waals surface area contributed by atoms with Crippen LogP contribution in [0.3, 0.4) is 0 Å². The highest BCUT2D eigenvalue weighted by molar-refractivity contribution is 6.31. The maximum Gasteiger partial charge on any atom is 0.163 e. The van der Waals surface area contributed by atoms with E-state index in [-0.39, 0.29) is 24.8 Å². The number of aliphatic hydroxyl groups is 2. The zero-order chi connectivity index (χ0) is 28.3. The zero-order valence-electron chi connectivity index (χ0n) is 22.7. The van der Waals surface area contributed by atoms with E-state index in [1.54, 1.807) is 12.1 Å². The number of benzene rings is 2. The second-order valence-electron chi connectivity index (χ2n) is 9.74. The Hall–Kier alpha value is -2.80. The molecule has 1 aromatic heterocycles. The van der Waals surface area contributed by atoms with Crippen LogP contribution in [0.4, 0.5) is 15.9 Å². The Labute approximate surface area is 238 Å². The number of aliphatic hydroxyl groups excluding tert-OH is 2. The predicted molar refractivity (Wildman–Crippen MR) is 152 cm³/mol. The summed E-state index contributed by atoms with van der Waals surface area (Å²) in [5.74, 6) is 1.05. The summed E-state index contributed by atoms with van der Waals surface area (Å²) in [4.78, 5) is 11.0. The molecule has 2 aromatic carbocycles. The van der Waals surface area contributed by atoms with Crippen molar-refractivity contribution in [2.75, 3.05) is 65.0 Å². The van der Waals surface area contributed by atoms with Crippen LogP contribution in [-0.4, -0.2) is 90.9 Å². The Bertz CT molecular complexity index is 1250. The van der Waals surface area contributed by atoms with Gasteiger partial charge in [0.15, 0.2) is 11.5 Å². The lowest BCUT2D eigenvalue weighted by atomic mass is 10.1. The van der Waals surface area contributed by atoms with Gasteiger partial charge >= 0.3 is 0 Å². The van der Waals surface area contributed by atoms with Crippen molar-refractivity contribution >= 4 is 34.0 Å². The number of rotatable bonds is 10. The van der Waals surface area contributed by atoms with Crippen LogP contribution in [0.5, 0.6) is 11.5 Å². The molecule has 1 aliphatic heterocycles. The molecule has 1 atom stereocenters. The standard InChI is InChI=1S/C28H37ClFN5O5/c1-35-6-3-2-4-8-39-26-12-21-25(14-27(26)40-17-20(37)15-31-5-9-38-10-7-36)32-18-33-28(21)34-24-13-22(29)23(30)11-19(24)16-35/h11-14,18,20,31,36-37H,2-10,15-17H2,1H3,(H,32,33,34)/t20-/m0/s1. The fourth-order valence-electron chi connectivity index (χ4n) is 4.39. The lowest BCUT2D eigenvalue weighted by Crippen LogP contribution is -2.33. The number of fused-ring (bicyclic) bond motifs is 2. The van der Waals surface area contributed by atoms with Gasteiger partial charge in [0.05, 0.1) is 37.0 Å². The summed E-state index contributed by atoms with van der Waals surface area (Å²) in [5.41, 5.74) is 2.04. The van der Waals surface area contributed by atoms with Crippen molar-refractivity contribution in [2.24, 2.45) is 0 Å². The lowest BCUT2D eigenvalue weighted by molar-refractivity contribution is 0.0836. The van der Waals surface area contributed by atoms with Gasteiger partial charge in [0.1, 0.15) is 30.7 Å². The molecule has 2 bridgehead atoms. The van der Waals surface area contributed by atoms with E-state index in [1.165, 1.54) is 12.4 Å². The van der Waals surface area contributed by atoms with Gasteiger partial charge in [0.25, 0.3) is 0 Å². The predicted octanol–water partition coefficient (Wildman–Crippen LogP) is 3.50. The number of hydrogen-bond acceptors (Lipinski definition) is 10. The molecule has 10 nitrogen and oxygen atoms in total. The van der Waals surface area contributed by atoms with Crippen molar-refractivity contribution < 1.29 is 28.8 Å². The smallest absolute Gasteiger partial charge is 0.163 e. The van der Waals surface area contributed by atoms with Crippen LogP contribution in [0, 0.1) is 5.82 Å². The van der Waals surface area contributed by atoms with Crippen molar-refractivity contribution in [3.05, 3.63) is 47.0 Å². The van der Waals surface area contributed by atoms with Gasteiger partial charge in [-0.3, -0.25) is 0 Å². The van der Waals surface area contributed by atoms with Crippen molar-refractivity contribution in [2.45, 2.75) is 31.9 Å². The highest BCUT2D eigenvalue weighted by Gasteiger charge is 2.17. The number of ether oxygens (including phenoxy) is 3. The van der Waals surface area contributed by atoms with Crippen molar-refractivity contribution in [1.29, 1.82) is 0 Å². The molecule has 1 aliphatic rings. The Balaban J connectivity index is 1.56. The van der Waals surface area contributed by atoms with E-state index in [0.717, 1.165) is 31.4 Å². The lowest BCUT2D eigenvalue weighted by Gasteiger charge is -2.20. The first kappa shape index (κ1) is 30.2. The van der Waals surface area contributed by atoms with E-state index in [4.69, 9.17) is 30.9 Å². The van der Waals surface area contributed by atoms with E-state index in [1.807, 2.05) is 13.1 Å². The van der Waals surface area contributed by atoms with Crippen LogP contribution in [0.25, 0.3) is 10.9 Å². The summed E-state index contributed by atoms with van der Waals surface area (Å²) in [5, 5.41) is 26.3. The van der Waals surface area contributed by atoms with Gasteiger partial charge in [0, 0.05) is 36.8 Å². The first-order chi connectivity index (χ1) is 19.4. The molecule has 12 heteroatoms. The van der Waals surface area contributed by atoms with E-state index in [2.05, 4.69) is 25.5 Å². The van der Waals surface area contributed by atoms with E-state index < -0.39 is 11.9 Å². The topological polar surface area (TPSA) is 121 Å². The summed E-state index contributed by atoms with van der Waals surface area (Å²) in [6, 6.07) is 6.64. The first-order valence-corrected chi connectivity index (χ1v) is 13.9. The second-order valence-corrected chi connectivity index (χ2v) is 10.1. The monoisotopic (exact) mass is 577 g/mol. The molecule has 0 spiro atoms. The first-order valence-electron chi connectivity index (χ1n) is 13.5. The second kappa shape index (κ2) is 15.3. The Morgan fingerprint density at radius 1 is 1.20 bits per heavy atom. The van der Waals surface area contributed by atoms with Crippen molar-refractivity contribution in [1.82, 2.24) is 20.2 Å². The van der Waals surface area contributed by atoms with Gasteiger partial charge in [-0.15, -0.1) is 0 Å². The third-order valence-electron chi connectivity index (χ3n) is 6.45. The molecule has 0 fully saturated rings. The van der Waals surface area contributed by atoms with Crippen LogP contribution in [0.2, 0.25) is 5.02 Å². The highest BCUT2D eigenvalue weighted by atomic mass is 35.5. The number of nitrogens with zero attached hydrogens (tertiary/aromatic N) is 3. The molecule has 3 aromatic rings. The summed E-state index contributed by atoms with van der Waals surface area (Å²) in [6.45, 7) is 3.52. The number of aromatic nitrogens is 2. The average Bonchev–Trinajstić information content (AvgIpc) is 2.94. The number of nitrogens with one attached hydrogen (secondary N) is 2. The number of hydrogen-bond donors (Lipinski definition) is 4. The van der Waals surface area contributed by atoms with Gasteiger partial charge < -0.3 is 40.0 Å². The van der Waals surface area contributed by atoms with Gasteiger partial charge in [-0.25, -0.2) is 14.4 Å². The molecule has 2 heterocycles. The van der Waals surface area contributed by atoms with Gasteiger partial charge in [-0.1, -0.05) is 11.6 Å². The van der Waals surface area contributed by atoms with Crippen LogP contribution in [-0.2, 0) is 11.3 Å². The summed E-state index contributed by atoms with van der Waals surface area (Å²) in [6.07, 6.45) is 3.47. The van der Waals surface area contributed by atoms with Gasteiger partial charge in [0.2, 0.25) is 0 Å². The molecular formula is C28H37ClFN5O5. The number of halogens is 2. The minimum atomic E-state index is -0.760. The van der Waals surface area contributed by atoms with Crippen LogP contribution >= 0.6 is 11.6 Å². The van der Waals surface area contributed by atoms with E-state index >= 15 is 0 Å². The average molecular weight is 578 g/mol. The van der Waals surface area contributed by atoms with E-state index in [0.29, 0.717) is 66.8 Å². The quantitative estimate of drug-likeness (QED) is 0.266. The molecule has 40 heavy (non-hydrogen) atoms. The molecule has 0 saturated carbocycles. The molecule has 4 N–H and O–H groups in total. The van der Waals surface area contributed by atoms with Crippen LogP contribution in [0.15, 0.2) is 30.6 Å². The third kappa shape index (κ3) is 8.60. The summed E-state index contributed by atoms with van der Waals surface area (Å²) in [7, 11) is 2.01. The van der Waals surface area contributed by atoms with Crippen molar-refractivity contribution in [3.8, 4) is 11.5 Å². The minimum absolute atomic E-state index is 0.0198. The SMILES string of the molecule is CN1CCCCCOc2cc3c(ncnc3cc2OC[C@@H](O)CNCCOCCO)Nc2cc(Cl)c(F)cc2C1. The summed E-state index contributed by atoms with van der Waals surface area (Å²) < 4.78 is 31.7. The molecule has 218 valence electrons. The Morgan fingerprint density at radius 3 is 2.92 bits per heavy atom. The molecule has 0 amide bonds. The Morgan fingerprint density at radius 2 is 2.08 bits per heavy atom. The largest absolute Gasteiger partial charge is 0.490 e. The van der Waals surface area contributed by atoms with Crippen molar-refractivity contribution in [3.63, 3.8) is 0 Å². The third-order valence-corrected chi connectivity index (χ3v) is 6.74. The molecule has 0 unspecified atom stereocenters. The fraction of sp³-hybridized carbons (Fsp3) is 0.500. The maximum atomic E-state index is 14.4. The minimum Gasteiger partial charge on any atom is -0.490 e. The maximum absolute atomic E-state index is 14.4. The van der Waals surface area contributed by atoms with Gasteiger partial charge in [-0.05, 0) is 56.6 Å². The molecular weight excluding hydrogens is 541 g/mol. The molecule has 0 saturated heterocycles. The molecule has 0 radical (unpaired) electrons. The van der Waals surface area contributed by atoms with E-state index in [9.17, 15) is 9.50 Å². The number of anilines is 2. The molecule has 0 aliphatic carbocycles. The normalized spacial score (nSPS) is 15.5. The van der Waals surface area contributed by atoms with Gasteiger partial charge in [-0.2, -0.15) is 0 Å². The Kier molecular flexibility index (Phi) is 11.5. The zero-order valence-corrected chi connectivity index (χ0v) is 23.4. The summed E-state index contributed by atoms with van der Waals surface area (Å²) >= 11 is 6.15.